The fraction of sp³-hybridized carbons (Fsp3) is 0.300. The number of hydroxylamine groups is 2. The summed E-state index contributed by atoms with van der Waals surface area (Å²) in [6.45, 7) is 0. The second-order valence-electron chi connectivity index (χ2n) is 2.83. The third-order valence-electron chi connectivity index (χ3n) is 1.96. The molecule has 0 saturated heterocycles. The Balaban J connectivity index is 2.97. The lowest BCUT2D eigenvalue weighted by atomic mass is 10.2. The van der Waals surface area contributed by atoms with E-state index in [1.807, 2.05) is 0 Å². The van der Waals surface area contributed by atoms with Gasteiger partial charge in [-0.05, 0) is 18.2 Å². The van der Waals surface area contributed by atoms with Crippen molar-refractivity contribution in [3.63, 3.8) is 0 Å². The van der Waals surface area contributed by atoms with Gasteiger partial charge in [-0.3, -0.25) is 9.63 Å². The zero-order valence-electron chi connectivity index (χ0n) is 8.78. The first-order valence-electron chi connectivity index (χ1n) is 4.26. The molecule has 0 radical (unpaired) electrons. The molecule has 0 aliphatic rings. The zero-order valence-corrected chi connectivity index (χ0v) is 9.54. The Kier molecular flexibility index (Phi) is 3.94. The van der Waals surface area contributed by atoms with E-state index in [9.17, 15) is 4.79 Å². The maximum absolute atomic E-state index is 11.6. The van der Waals surface area contributed by atoms with Crippen LogP contribution in [0.3, 0.4) is 0 Å². The van der Waals surface area contributed by atoms with E-state index < -0.39 is 0 Å². The summed E-state index contributed by atoms with van der Waals surface area (Å²) in [5.41, 5.74) is 0.449. The average Bonchev–Trinajstić information content (AvgIpc) is 2.26. The first-order valence-corrected chi connectivity index (χ1v) is 4.63. The molecule has 0 N–H and O–H groups in total. The molecule has 4 nitrogen and oxygen atoms in total. The van der Waals surface area contributed by atoms with Gasteiger partial charge < -0.3 is 4.74 Å². The van der Waals surface area contributed by atoms with E-state index in [1.165, 1.54) is 27.3 Å². The van der Waals surface area contributed by atoms with E-state index in [0.717, 1.165) is 5.06 Å². The molecule has 0 aliphatic carbocycles. The molecular formula is C10H12ClNO3. The highest BCUT2D eigenvalue weighted by Crippen LogP contribution is 2.25. The van der Waals surface area contributed by atoms with Gasteiger partial charge in [-0.25, -0.2) is 5.06 Å². The standard InChI is InChI=1S/C10H12ClNO3/c1-12(15-3)10(13)7-4-5-9(14-2)8(11)6-7/h4-6H,1-3H3. The van der Waals surface area contributed by atoms with Crippen LogP contribution in [0.15, 0.2) is 18.2 Å². The van der Waals surface area contributed by atoms with Crippen molar-refractivity contribution in [3.8, 4) is 5.75 Å². The lowest BCUT2D eigenvalue weighted by Gasteiger charge is -2.14. The Morgan fingerprint density at radius 1 is 1.40 bits per heavy atom. The minimum Gasteiger partial charge on any atom is -0.495 e. The normalized spacial score (nSPS) is 9.87. The van der Waals surface area contributed by atoms with Crippen molar-refractivity contribution in [2.75, 3.05) is 21.3 Å². The van der Waals surface area contributed by atoms with E-state index in [1.54, 1.807) is 12.1 Å². The average molecular weight is 230 g/mol. The van der Waals surface area contributed by atoms with Crippen LogP contribution in [0.2, 0.25) is 5.02 Å². The third kappa shape index (κ3) is 2.61. The lowest BCUT2D eigenvalue weighted by Crippen LogP contribution is -2.25. The van der Waals surface area contributed by atoms with Crippen LogP contribution in [0.1, 0.15) is 10.4 Å². The van der Waals surface area contributed by atoms with Gasteiger partial charge in [0.15, 0.2) is 0 Å². The number of methoxy groups -OCH3 is 1. The molecule has 0 unspecified atom stereocenters. The van der Waals surface area contributed by atoms with Crippen LogP contribution < -0.4 is 4.74 Å². The molecule has 1 amide bonds. The molecule has 5 heteroatoms. The summed E-state index contributed by atoms with van der Waals surface area (Å²) in [6.07, 6.45) is 0. The number of carbonyl (C=O) groups is 1. The molecule has 0 heterocycles. The molecule has 0 aliphatic heterocycles. The van der Waals surface area contributed by atoms with Crippen LogP contribution in [-0.2, 0) is 4.84 Å². The van der Waals surface area contributed by atoms with E-state index in [4.69, 9.17) is 21.2 Å². The van der Waals surface area contributed by atoms with Crippen LogP contribution in [0.5, 0.6) is 5.75 Å². The number of ether oxygens (including phenoxy) is 1. The van der Waals surface area contributed by atoms with Crippen molar-refractivity contribution in [1.82, 2.24) is 5.06 Å². The quantitative estimate of drug-likeness (QED) is 0.744. The first kappa shape index (κ1) is 11.8. The number of nitrogens with zero attached hydrogens (tertiary/aromatic N) is 1. The summed E-state index contributed by atoms with van der Waals surface area (Å²) in [5.74, 6) is 0.273. The minimum atomic E-state index is -0.262. The second kappa shape index (κ2) is 5.00. The predicted molar refractivity (Wildman–Crippen MR) is 57.1 cm³/mol. The smallest absolute Gasteiger partial charge is 0.277 e. The predicted octanol–water partition coefficient (Wildman–Crippen LogP) is 1.98. The number of halogens is 1. The number of hydrogen-bond acceptors (Lipinski definition) is 3. The van der Waals surface area contributed by atoms with E-state index in [2.05, 4.69) is 0 Å². The topological polar surface area (TPSA) is 38.8 Å². The number of hydrogen-bond donors (Lipinski definition) is 0. The van der Waals surface area contributed by atoms with Crippen LogP contribution in [-0.4, -0.2) is 32.2 Å². The van der Waals surface area contributed by atoms with Crippen molar-refractivity contribution in [2.45, 2.75) is 0 Å². The van der Waals surface area contributed by atoms with Crippen molar-refractivity contribution < 1.29 is 14.4 Å². The van der Waals surface area contributed by atoms with Crippen molar-refractivity contribution in [3.05, 3.63) is 28.8 Å². The number of benzene rings is 1. The maximum Gasteiger partial charge on any atom is 0.277 e. The number of rotatable bonds is 3. The Bertz CT molecular complexity index is 368. The summed E-state index contributed by atoms with van der Waals surface area (Å²) >= 11 is 5.88. The minimum absolute atomic E-state index is 0.262. The fourth-order valence-electron chi connectivity index (χ4n) is 1.06. The summed E-state index contributed by atoms with van der Waals surface area (Å²) in [4.78, 5) is 16.4. The molecule has 0 bridgehead atoms. The molecule has 0 saturated carbocycles. The summed E-state index contributed by atoms with van der Waals surface area (Å²) in [6, 6.07) is 4.81. The Morgan fingerprint density at radius 2 is 2.07 bits per heavy atom. The summed E-state index contributed by atoms with van der Waals surface area (Å²) in [7, 11) is 4.47. The molecule has 0 spiro atoms. The zero-order chi connectivity index (χ0) is 11.4. The van der Waals surface area contributed by atoms with E-state index in [0.29, 0.717) is 16.3 Å². The monoisotopic (exact) mass is 229 g/mol. The highest BCUT2D eigenvalue weighted by molar-refractivity contribution is 6.32. The van der Waals surface area contributed by atoms with Gasteiger partial charge in [-0.2, -0.15) is 0 Å². The van der Waals surface area contributed by atoms with Crippen molar-refractivity contribution >= 4 is 17.5 Å². The molecule has 1 aromatic carbocycles. The Labute approximate surface area is 93.3 Å². The van der Waals surface area contributed by atoms with Gasteiger partial charge in [0.2, 0.25) is 0 Å². The molecule has 1 rings (SSSR count). The molecular weight excluding hydrogens is 218 g/mol. The van der Waals surface area contributed by atoms with Gasteiger partial charge in [-0.15, -0.1) is 0 Å². The second-order valence-corrected chi connectivity index (χ2v) is 3.24. The maximum atomic E-state index is 11.6. The van der Waals surface area contributed by atoms with Gasteiger partial charge in [0.1, 0.15) is 5.75 Å². The van der Waals surface area contributed by atoms with Crippen LogP contribution in [0.25, 0.3) is 0 Å². The summed E-state index contributed by atoms with van der Waals surface area (Å²) < 4.78 is 4.98. The molecule has 0 aromatic heterocycles. The lowest BCUT2D eigenvalue weighted by molar-refractivity contribution is -0.0757. The van der Waals surface area contributed by atoms with Gasteiger partial charge in [0.05, 0.1) is 19.2 Å². The highest BCUT2D eigenvalue weighted by atomic mass is 35.5. The third-order valence-corrected chi connectivity index (χ3v) is 2.25. The fourth-order valence-corrected chi connectivity index (χ4v) is 1.32. The summed E-state index contributed by atoms with van der Waals surface area (Å²) in [5, 5.41) is 1.52. The van der Waals surface area contributed by atoms with E-state index in [-0.39, 0.29) is 5.91 Å². The van der Waals surface area contributed by atoms with Crippen LogP contribution >= 0.6 is 11.6 Å². The highest BCUT2D eigenvalue weighted by Gasteiger charge is 2.12. The SMILES string of the molecule is COc1ccc(C(=O)N(C)OC)cc1Cl. The van der Waals surface area contributed by atoms with Crippen molar-refractivity contribution in [1.29, 1.82) is 0 Å². The molecule has 0 fully saturated rings. The number of carbonyl (C=O) groups excluding carboxylic acids is 1. The molecule has 82 valence electrons. The van der Waals surface area contributed by atoms with Gasteiger partial charge in [0.25, 0.3) is 5.91 Å². The van der Waals surface area contributed by atoms with Gasteiger partial charge >= 0.3 is 0 Å². The Morgan fingerprint density at radius 3 is 2.53 bits per heavy atom. The first-order chi connectivity index (χ1) is 7.10. The molecule has 15 heavy (non-hydrogen) atoms. The molecule has 0 atom stereocenters. The van der Waals surface area contributed by atoms with Gasteiger partial charge in [-0.1, -0.05) is 11.6 Å². The largest absolute Gasteiger partial charge is 0.495 e. The van der Waals surface area contributed by atoms with Crippen LogP contribution in [0.4, 0.5) is 0 Å². The van der Waals surface area contributed by atoms with Gasteiger partial charge in [0, 0.05) is 12.6 Å². The Hall–Kier alpha value is -1.26. The molecule has 1 aromatic rings. The number of amides is 1. The van der Waals surface area contributed by atoms with E-state index >= 15 is 0 Å². The van der Waals surface area contributed by atoms with Crippen LogP contribution in [0, 0.1) is 0 Å². The van der Waals surface area contributed by atoms with Crippen molar-refractivity contribution in [2.24, 2.45) is 0 Å².